The molecule has 2 N–H and O–H groups in total. The van der Waals surface area contributed by atoms with Crippen LogP contribution >= 0.6 is 0 Å². The summed E-state index contributed by atoms with van der Waals surface area (Å²) in [4.78, 5) is 28.7. The SMILES string of the molecule is COc1ccc(C(=O)N[C@@H](C)c2cc(Nc3ccc4c(c3)CCC4)nc(N3CCOCC3)n2)nc1. The maximum absolute atomic E-state index is 12.8. The standard InChI is InChI=1S/C26H30N6O3/c1-17(28-25(33)22-9-8-21(34-2)16-27-22)23-15-24(31-26(30-23)32-10-12-35-13-11-32)29-20-7-6-18-4-3-5-19(18)14-20/h6-9,14-17H,3-5,10-13H2,1-2H3,(H,28,33)(H,29,30,31)/t17-/m0/s1. The van der Waals surface area contributed by atoms with E-state index in [1.165, 1.54) is 23.7 Å². The van der Waals surface area contributed by atoms with Crippen LogP contribution in [-0.2, 0) is 17.6 Å². The van der Waals surface area contributed by atoms with Crippen LogP contribution in [0.4, 0.5) is 17.5 Å². The van der Waals surface area contributed by atoms with Crippen LogP contribution < -0.4 is 20.3 Å². The number of benzene rings is 1. The van der Waals surface area contributed by atoms with E-state index < -0.39 is 0 Å². The minimum Gasteiger partial charge on any atom is -0.495 e. The first-order valence-electron chi connectivity index (χ1n) is 12.0. The molecular formula is C26H30N6O3. The third kappa shape index (κ3) is 5.35. The van der Waals surface area contributed by atoms with Gasteiger partial charge in [-0.25, -0.2) is 9.97 Å². The van der Waals surface area contributed by atoms with Gasteiger partial charge in [0.25, 0.3) is 5.91 Å². The highest BCUT2D eigenvalue weighted by Gasteiger charge is 2.20. The Labute approximate surface area is 204 Å². The van der Waals surface area contributed by atoms with Crippen molar-refractivity contribution in [3.8, 4) is 5.75 Å². The number of methoxy groups -OCH3 is 1. The molecule has 1 aromatic carbocycles. The maximum atomic E-state index is 12.8. The number of fused-ring (bicyclic) bond motifs is 1. The fourth-order valence-corrected chi connectivity index (χ4v) is 4.42. The number of anilines is 3. The second-order valence-corrected chi connectivity index (χ2v) is 8.82. The molecule has 9 nitrogen and oxygen atoms in total. The molecule has 0 spiro atoms. The van der Waals surface area contributed by atoms with Crippen LogP contribution in [0.15, 0.2) is 42.6 Å². The topological polar surface area (TPSA) is 102 Å². The monoisotopic (exact) mass is 474 g/mol. The average molecular weight is 475 g/mol. The maximum Gasteiger partial charge on any atom is 0.270 e. The zero-order valence-corrected chi connectivity index (χ0v) is 20.1. The second-order valence-electron chi connectivity index (χ2n) is 8.82. The van der Waals surface area contributed by atoms with Crippen molar-refractivity contribution >= 4 is 23.4 Å². The summed E-state index contributed by atoms with van der Waals surface area (Å²) in [5, 5.41) is 6.46. The van der Waals surface area contributed by atoms with Gasteiger partial charge in [-0.05, 0) is 61.6 Å². The summed E-state index contributed by atoms with van der Waals surface area (Å²) in [6, 6.07) is 11.4. The van der Waals surface area contributed by atoms with Gasteiger partial charge in [-0.1, -0.05) is 6.07 Å². The Kier molecular flexibility index (Phi) is 6.76. The largest absolute Gasteiger partial charge is 0.495 e. The smallest absolute Gasteiger partial charge is 0.270 e. The van der Waals surface area contributed by atoms with Crippen molar-refractivity contribution in [2.24, 2.45) is 0 Å². The van der Waals surface area contributed by atoms with E-state index >= 15 is 0 Å². The first-order chi connectivity index (χ1) is 17.1. The number of hydrogen-bond donors (Lipinski definition) is 2. The molecule has 0 unspecified atom stereocenters. The van der Waals surface area contributed by atoms with Crippen LogP contribution in [-0.4, -0.2) is 54.3 Å². The molecule has 0 saturated carbocycles. The predicted octanol–water partition coefficient (Wildman–Crippen LogP) is 3.44. The van der Waals surface area contributed by atoms with Crippen LogP contribution in [0.1, 0.15) is 46.7 Å². The number of rotatable bonds is 7. The molecule has 3 aromatic rings. The number of ether oxygens (including phenoxy) is 2. The lowest BCUT2D eigenvalue weighted by atomic mass is 10.1. The van der Waals surface area contributed by atoms with E-state index in [4.69, 9.17) is 19.4 Å². The van der Waals surface area contributed by atoms with Crippen LogP contribution in [0, 0.1) is 0 Å². The Hall–Kier alpha value is -3.72. The predicted molar refractivity (Wildman–Crippen MR) is 133 cm³/mol. The quantitative estimate of drug-likeness (QED) is 0.537. The number of carbonyl (C=O) groups excluding carboxylic acids is 1. The van der Waals surface area contributed by atoms with Crippen LogP contribution in [0.3, 0.4) is 0 Å². The molecule has 0 radical (unpaired) electrons. The van der Waals surface area contributed by atoms with Gasteiger partial charge in [0.1, 0.15) is 17.3 Å². The Bertz CT molecular complexity index is 1190. The van der Waals surface area contributed by atoms with Gasteiger partial charge in [-0.2, -0.15) is 4.98 Å². The summed E-state index contributed by atoms with van der Waals surface area (Å²) in [5.74, 6) is 1.64. The van der Waals surface area contributed by atoms with Gasteiger partial charge in [-0.15, -0.1) is 0 Å². The number of morpholine rings is 1. The Morgan fingerprint density at radius 3 is 2.69 bits per heavy atom. The number of pyridine rings is 1. The molecule has 1 amide bonds. The van der Waals surface area contributed by atoms with Crippen molar-refractivity contribution in [2.45, 2.75) is 32.2 Å². The first kappa shape index (κ1) is 23.0. The molecular weight excluding hydrogens is 444 g/mol. The molecule has 35 heavy (non-hydrogen) atoms. The lowest BCUT2D eigenvalue weighted by Gasteiger charge is -2.28. The van der Waals surface area contributed by atoms with Crippen molar-refractivity contribution < 1.29 is 14.3 Å². The summed E-state index contributed by atoms with van der Waals surface area (Å²) >= 11 is 0. The van der Waals surface area contributed by atoms with E-state index in [2.05, 4.69) is 38.7 Å². The normalized spacial score (nSPS) is 15.9. The van der Waals surface area contributed by atoms with Crippen LogP contribution in [0.2, 0.25) is 0 Å². The lowest BCUT2D eigenvalue weighted by Crippen LogP contribution is -2.38. The van der Waals surface area contributed by atoms with E-state index in [1.54, 1.807) is 19.2 Å². The summed E-state index contributed by atoms with van der Waals surface area (Å²) in [6.45, 7) is 4.62. The molecule has 182 valence electrons. The molecule has 1 aliphatic heterocycles. The van der Waals surface area contributed by atoms with Crippen molar-refractivity contribution in [1.29, 1.82) is 0 Å². The minimum absolute atomic E-state index is 0.278. The molecule has 1 atom stereocenters. The zero-order chi connectivity index (χ0) is 24.2. The molecule has 1 aliphatic carbocycles. The number of aryl methyl sites for hydroxylation is 2. The highest BCUT2D eigenvalue weighted by Crippen LogP contribution is 2.28. The van der Waals surface area contributed by atoms with E-state index in [1.807, 2.05) is 13.0 Å². The van der Waals surface area contributed by atoms with E-state index in [0.717, 1.165) is 31.6 Å². The van der Waals surface area contributed by atoms with Crippen molar-refractivity contribution in [2.75, 3.05) is 43.6 Å². The molecule has 1 saturated heterocycles. The van der Waals surface area contributed by atoms with E-state index in [9.17, 15) is 4.79 Å². The number of nitrogens with one attached hydrogen (secondary N) is 2. The summed E-state index contributed by atoms with van der Waals surface area (Å²) in [6.07, 6.45) is 4.99. The molecule has 3 heterocycles. The van der Waals surface area contributed by atoms with Gasteiger partial charge < -0.3 is 25.0 Å². The Morgan fingerprint density at radius 1 is 1.09 bits per heavy atom. The zero-order valence-electron chi connectivity index (χ0n) is 20.1. The fraction of sp³-hybridized carbons (Fsp3) is 0.385. The van der Waals surface area contributed by atoms with E-state index in [0.29, 0.717) is 42.1 Å². The van der Waals surface area contributed by atoms with Crippen LogP contribution in [0.5, 0.6) is 5.75 Å². The second kappa shape index (κ2) is 10.3. The van der Waals surface area contributed by atoms with Gasteiger partial charge in [0.15, 0.2) is 0 Å². The fourth-order valence-electron chi connectivity index (χ4n) is 4.42. The molecule has 2 aromatic heterocycles. The molecule has 9 heteroatoms. The molecule has 0 bridgehead atoms. The highest BCUT2D eigenvalue weighted by atomic mass is 16.5. The van der Waals surface area contributed by atoms with Gasteiger partial charge in [0, 0.05) is 24.8 Å². The first-order valence-corrected chi connectivity index (χ1v) is 12.0. The van der Waals surface area contributed by atoms with E-state index in [-0.39, 0.29) is 11.9 Å². The molecule has 1 fully saturated rings. The van der Waals surface area contributed by atoms with Crippen molar-refractivity contribution in [3.05, 3.63) is 65.1 Å². The van der Waals surface area contributed by atoms with Crippen molar-refractivity contribution in [1.82, 2.24) is 20.3 Å². The number of nitrogens with zero attached hydrogens (tertiary/aromatic N) is 4. The molecule has 5 rings (SSSR count). The Balaban J connectivity index is 1.39. The third-order valence-corrected chi connectivity index (χ3v) is 6.39. The number of amides is 1. The van der Waals surface area contributed by atoms with Gasteiger partial charge >= 0.3 is 0 Å². The van der Waals surface area contributed by atoms with Crippen molar-refractivity contribution in [3.63, 3.8) is 0 Å². The summed E-state index contributed by atoms with van der Waals surface area (Å²) in [7, 11) is 1.56. The van der Waals surface area contributed by atoms with Gasteiger partial charge in [-0.3, -0.25) is 4.79 Å². The highest BCUT2D eigenvalue weighted by molar-refractivity contribution is 5.92. The number of carbonyl (C=O) groups is 1. The lowest BCUT2D eigenvalue weighted by molar-refractivity contribution is 0.0934. The Morgan fingerprint density at radius 2 is 1.91 bits per heavy atom. The number of hydrogen-bond acceptors (Lipinski definition) is 8. The summed E-state index contributed by atoms with van der Waals surface area (Å²) in [5.41, 5.74) is 4.85. The minimum atomic E-state index is -0.352. The molecule has 2 aliphatic rings. The summed E-state index contributed by atoms with van der Waals surface area (Å²) < 4.78 is 10.6. The van der Waals surface area contributed by atoms with Gasteiger partial charge in [0.05, 0.1) is 38.3 Å². The average Bonchev–Trinajstić information content (AvgIpc) is 3.37. The van der Waals surface area contributed by atoms with Gasteiger partial charge in [0.2, 0.25) is 5.95 Å². The van der Waals surface area contributed by atoms with Crippen LogP contribution in [0.25, 0.3) is 0 Å². The number of aromatic nitrogens is 3. The third-order valence-electron chi connectivity index (χ3n) is 6.39.